The number of hydrogen-bond acceptors (Lipinski definition) is 3. The summed E-state index contributed by atoms with van der Waals surface area (Å²) in [4.78, 5) is 11.9. The number of benzene rings is 1. The van der Waals surface area contributed by atoms with E-state index in [0.29, 0.717) is 0 Å². The summed E-state index contributed by atoms with van der Waals surface area (Å²) in [6.07, 6.45) is 1.83. The second-order valence-electron chi connectivity index (χ2n) is 5.06. The second kappa shape index (κ2) is 6.26. The Hall–Kier alpha value is -1.26. The summed E-state index contributed by atoms with van der Waals surface area (Å²) >= 11 is 0. The summed E-state index contributed by atoms with van der Waals surface area (Å²) in [6.45, 7) is 3.90. The summed E-state index contributed by atoms with van der Waals surface area (Å²) in [5.41, 5.74) is 0.0932. The lowest BCUT2D eigenvalue weighted by atomic mass is 10.0. The molecule has 1 fully saturated rings. The molecule has 1 aromatic rings. The average molecular weight is 266 g/mol. The van der Waals surface area contributed by atoms with Crippen molar-refractivity contribution in [1.29, 1.82) is 0 Å². The lowest BCUT2D eigenvalue weighted by Gasteiger charge is -2.31. The summed E-state index contributed by atoms with van der Waals surface area (Å²) < 4.78 is 24.6. The Balaban J connectivity index is 1.89. The zero-order chi connectivity index (χ0) is 13.8. The van der Waals surface area contributed by atoms with Crippen molar-refractivity contribution in [1.82, 2.24) is 0 Å². The first-order valence-corrected chi connectivity index (χ1v) is 6.61. The highest BCUT2D eigenvalue weighted by Crippen LogP contribution is 2.21. The number of ether oxygens (including phenoxy) is 2. The minimum atomic E-state index is -0.496. The van der Waals surface area contributed by atoms with Crippen LogP contribution >= 0.6 is 0 Å². The fourth-order valence-corrected chi connectivity index (χ4v) is 2.44. The van der Waals surface area contributed by atoms with E-state index in [1.165, 1.54) is 12.1 Å². The zero-order valence-corrected chi connectivity index (χ0v) is 11.3. The maximum absolute atomic E-state index is 13.4. The first kappa shape index (κ1) is 14.2. The van der Waals surface area contributed by atoms with Crippen LogP contribution in [0.2, 0.25) is 0 Å². The van der Waals surface area contributed by atoms with Gasteiger partial charge in [0.15, 0.2) is 5.78 Å². The Kier molecular flexibility index (Phi) is 4.66. The molecule has 1 aromatic carbocycles. The molecule has 104 valence electrons. The predicted octanol–water partition coefficient (Wildman–Crippen LogP) is 2.98. The molecular formula is C15H19FO3. The lowest BCUT2D eigenvalue weighted by molar-refractivity contribution is -0.0975. The molecule has 0 N–H and O–H groups in total. The van der Waals surface area contributed by atoms with Crippen LogP contribution in [-0.2, 0) is 9.47 Å². The van der Waals surface area contributed by atoms with Crippen LogP contribution in [0.4, 0.5) is 4.39 Å². The van der Waals surface area contributed by atoms with Gasteiger partial charge in [-0.05, 0) is 38.8 Å². The monoisotopic (exact) mass is 266 g/mol. The van der Waals surface area contributed by atoms with E-state index in [1.54, 1.807) is 12.1 Å². The third-order valence-corrected chi connectivity index (χ3v) is 3.28. The first-order valence-electron chi connectivity index (χ1n) is 6.61. The molecule has 0 amide bonds. The SMILES string of the molecule is CC1CC(OCC(=O)c2ccccc2F)CC(C)O1. The number of Topliss-reactive ketones (excluding diaryl/α,β-unsaturated/α-hetero) is 1. The molecular weight excluding hydrogens is 247 g/mol. The van der Waals surface area contributed by atoms with E-state index in [2.05, 4.69) is 0 Å². The van der Waals surface area contributed by atoms with E-state index in [0.717, 1.165) is 12.8 Å². The molecule has 2 rings (SSSR count). The van der Waals surface area contributed by atoms with Crippen LogP contribution < -0.4 is 0 Å². The van der Waals surface area contributed by atoms with Gasteiger partial charge in [-0.3, -0.25) is 4.79 Å². The van der Waals surface area contributed by atoms with E-state index in [1.807, 2.05) is 13.8 Å². The molecule has 0 aliphatic carbocycles. The van der Waals surface area contributed by atoms with Gasteiger partial charge in [0.2, 0.25) is 0 Å². The molecule has 0 bridgehead atoms. The summed E-state index contributed by atoms with van der Waals surface area (Å²) in [6, 6.07) is 5.98. The van der Waals surface area contributed by atoms with Crippen molar-refractivity contribution < 1.29 is 18.7 Å². The van der Waals surface area contributed by atoms with Crippen molar-refractivity contribution in [3.05, 3.63) is 35.6 Å². The maximum atomic E-state index is 13.4. The molecule has 2 atom stereocenters. The smallest absolute Gasteiger partial charge is 0.191 e. The average Bonchev–Trinajstić information content (AvgIpc) is 2.35. The third-order valence-electron chi connectivity index (χ3n) is 3.28. The van der Waals surface area contributed by atoms with E-state index in [4.69, 9.17) is 9.47 Å². The number of halogens is 1. The molecule has 0 radical (unpaired) electrons. The molecule has 1 saturated heterocycles. The van der Waals surface area contributed by atoms with Crippen molar-refractivity contribution in [2.24, 2.45) is 0 Å². The molecule has 1 aliphatic heterocycles. The Labute approximate surface area is 112 Å². The van der Waals surface area contributed by atoms with Crippen LogP contribution in [0.25, 0.3) is 0 Å². The number of rotatable bonds is 4. The zero-order valence-electron chi connectivity index (χ0n) is 11.3. The predicted molar refractivity (Wildman–Crippen MR) is 69.7 cm³/mol. The van der Waals surface area contributed by atoms with Gasteiger partial charge in [-0.1, -0.05) is 12.1 Å². The van der Waals surface area contributed by atoms with Gasteiger partial charge < -0.3 is 9.47 Å². The molecule has 2 unspecified atom stereocenters. The van der Waals surface area contributed by atoms with Gasteiger partial charge in [-0.15, -0.1) is 0 Å². The fourth-order valence-electron chi connectivity index (χ4n) is 2.44. The topological polar surface area (TPSA) is 35.5 Å². The number of ketones is 1. The highest BCUT2D eigenvalue weighted by molar-refractivity contribution is 5.97. The summed E-state index contributed by atoms with van der Waals surface area (Å²) in [7, 11) is 0. The van der Waals surface area contributed by atoms with Gasteiger partial charge in [0.25, 0.3) is 0 Å². The number of carbonyl (C=O) groups is 1. The summed E-state index contributed by atoms with van der Waals surface area (Å²) in [5, 5.41) is 0. The first-order chi connectivity index (χ1) is 9.06. The number of carbonyl (C=O) groups excluding carboxylic acids is 1. The quantitative estimate of drug-likeness (QED) is 0.786. The van der Waals surface area contributed by atoms with Crippen molar-refractivity contribution in [2.45, 2.75) is 45.0 Å². The minimum Gasteiger partial charge on any atom is -0.375 e. The Bertz CT molecular complexity index is 437. The van der Waals surface area contributed by atoms with E-state index >= 15 is 0 Å². The van der Waals surface area contributed by atoms with Crippen LogP contribution in [0, 0.1) is 5.82 Å². The van der Waals surface area contributed by atoms with Gasteiger partial charge in [0.1, 0.15) is 12.4 Å². The van der Waals surface area contributed by atoms with E-state index in [-0.39, 0.29) is 36.3 Å². The Morgan fingerprint density at radius 3 is 2.58 bits per heavy atom. The van der Waals surface area contributed by atoms with Crippen LogP contribution in [0.1, 0.15) is 37.0 Å². The van der Waals surface area contributed by atoms with Crippen LogP contribution in [0.5, 0.6) is 0 Å². The molecule has 0 aromatic heterocycles. The lowest BCUT2D eigenvalue weighted by Crippen LogP contribution is -2.35. The van der Waals surface area contributed by atoms with Gasteiger partial charge in [-0.2, -0.15) is 0 Å². The highest BCUT2D eigenvalue weighted by atomic mass is 19.1. The Morgan fingerprint density at radius 2 is 1.95 bits per heavy atom. The molecule has 1 heterocycles. The second-order valence-corrected chi connectivity index (χ2v) is 5.06. The van der Waals surface area contributed by atoms with Crippen LogP contribution in [0.3, 0.4) is 0 Å². The molecule has 1 aliphatic rings. The van der Waals surface area contributed by atoms with E-state index < -0.39 is 5.82 Å². The number of hydrogen-bond donors (Lipinski definition) is 0. The molecule has 0 spiro atoms. The van der Waals surface area contributed by atoms with Crippen molar-refractivity contribution in [2.75, 3.05) is 6.61 Å². The van der Waals surface area contributed by atoms with Gasteiger partial charge in [0.05, 0.1) is 23.9 Å². The normalized spacial score (nSPS) is 27.2. The standard InChI is InChI=1S/C15H19FO3/c1-10-7-12(8-11(2)19-10)18-9-15(17)13-5-3-4-6-14(13)16/h3-6,10-12H,7-9H2,1-2H3. The highest BCUT2D eigenvalue weighted by Gasteiger charge is 2.25. The van der Waals surface area contributed by atoms with Gasteiger partial charge in [-0.25, -0.2) is 4.39 Å². The molecule has 4 heteroatoms. The fraction of sp³-hybridized carbons (Fsp3) is 0.533. The van der Waals surface area contributed by atoms with Crippen LogP contribution in [0.15, 0.2) is 24.3 Å². The van der Waals surface area contributed by atoms with Gasteiger partial charge >= 0.3 is 0 Å². The molecule has 19 heavy (non-hydrogen) atoms. The minimum absolute atomic E-state index is 0.00877. The molecule has 0 saturated carbocycles. The van der Waals surface area contributed by atoms with Crippen molar-refractivity contribution >= 4 is 5.78 Å². The third kappa shape index (κ3) is 3.85. The van der Waals surface area contributed by atoms with Crippen LogP contribution in [-0.4, -0.2) is 30.7 Å². The largest absolute Gasteiger partial charge is 0.375 e. The van der Waals surface area contributed by atoms with E-state index in [9.17, 15) is 9.18 Å². The molecule has 3 nitrogen and oxygen atoms in total. The Morgan fingerprint density at radius 1 is 1.32 bits per heavy atom. The van der Waals surface area contributed by atoms with Crippen molar-refractivity contribution in [3.8, 4) is 0 Å². The maximum Gasteiger partial charge on any atom is 0.191 e. The van der Waals surface area contributed by atoms with Gasteiger partial charge in [0, 0.05) is 0 Å². The summed E-state index contributed by atoms with van der Waals surface area (Å²) in [5.74, 6) is -0.810. The van der Waals surface area contributed by atoms with Crippen molar-refractivity contribution in [3.63, 3.8) is 0 Å².